The van der Waals surface area contributed by atoms with Gasteiger partial charge in [-0.1, -0.05) is 50.5 Å². The molecule has 1 fully saturated rings. The fraction of sp³-hybridized carbons (Fsp3) is 0.440. The highest BCUT2D eigenvalue weighted by Crippen LogP contribution is 2.22. The monoisotopic (exact) mass is 424 g/mol. The zero-order valence-electron chi connectivity index (χ0n) is 18.2. The molecule has 1 atom stereocenters. The molecule has 1 aliphatic rings. The van der Waals surface area contributed by atoms with E-state index in [1.54, 1.807) is 42.5 Å². The molecular formula is C25H32N2O4. The first-order valence-corrected chi connectivity index (χ1v) is 11.2. The van der Waals surface area contributed by atoms with Gasteiger partial charge >= 0.3 is 0 Å². The minimum absolute atomic E-state index is 0.0621. The van der Waals surface area contributed by atoms with Gasteiger partial charge in [0.05, 0.1) is 29.5 Å². The van der Waals surface area contributed by atoms with Gasteiger partial charge in [0.2, 0.25) is 0 Å². The highest BCUT2D eigenvalue weighted by Gasteiger charge is 2.19. The molecule has 0 aromatic heterocycles. The Balaban J connectivity index is 1.63. The van der Waals surface area contributed by atoms with Crippen molar-refractivity contribution >= 4 is 17.5 Å². The van der Waals surface area contributed by atoms with E-state index < -0.39 is 0 Å². The quantitative estimate of drug-likeness (QED) is 0.508. The van der Waals surface area contributed by atoms with Gasteiger partial charge in [0.1, 0.15) is 5.75 Å². The average molecular weight is 425 g/mol. The van der Waals surface area contributed by atoms with E-state index >= 15 is 0 Å². The number of rotatable bonds is 11. The summed E-state index contributed by atoms with van der Waals surface area (Å²) in [6.07, 6.45) is 6.45. The van der Waals surface area contributed by atoms with E-state index in [0.29, 0.717) is 35.7 Å². The van der Waals surface area contributed by atoms with Crippen LogP contribution in [-0.2, 0) is 4.74 Å². The fourth-order valence-electron chi connectivity index (χ4n) is 3.58. The van der Waals surface area contributed by atoms with E-state index in [1.165, 1.54) is 12.8 Å². The molecule has 2 aromatic rings. The SMILES string of the molecule is CCCCCCOc1ccccc1C(=O)Nc1ccccc1C(=O)NCC1CCCO1. The minimum atomic E-state index is -0.302. The van der Waals surface area contributed by atoms with Gasteiger partial charge in [0.25, 0.3) is 11.8 Å². The third-order valence-corrected chi connectivity index (χ3v) is 5.32. The zero-order chi connectivity index (χ0) is 21.9. The number of carbonyl (C=O) groups excluding carboxylic acids is 2. The van der Waals surface area contributed by atoms with Crippen LogP contribution in [0.3, 0.4) is 0 Å². The summed E-state index contributed by atoms with van der Waals surface area (Å²) in [6, 6.07) is 14.2. The maximum Gasteiger partial charge on any atom is 0.259 e. The summed E-state index contributed by atoms with van der Waals surface area (Å²) in [7, 11) is 0. The number of hydrogen-bond donors (Lipinski definition) is 2. The van der Waals surface area contributed by atoms with Gasteiger partial charge in [-0.15, -0.1) is 0 Å². The fourth-order valence-corrected chi connectivity index (χ4v) is 3.58. The van der Waals surface area contributed by atoms with Crippen LogP contribution in [0.15, 0.2) is 48.5 Å². The Morgan fingerprint density at radius 1 is 1.00 bits per heavy atom. The van der Waals surface area contributed by atoms with E-state index in [-0.39, 0.29) is 17.9 Å². The summed E-state index contributed by atoms with van der Waals surface area (Å²) in [4.78, 5) is 25.7. The number of ether oxygens (including phenoxy) is 2. The highest BCUT2D eigenvalue weighted by atomic mass is 16.5. The lowest BCUT2D eigenvalue weighted by Gasteiger charge is -2.15. The molecule has 0 aliphatic carbocycles. The Labute approximate surface area is 184 Å². The van der Waals surface area contributed by atoms with Crippen LogP contribution in [0.4, 0.5) is 5.69 Å². The molecule has 6 nitrogen and oxygen atoms in total. The summed E-state index contributed by atoms with van der Waals surface area (Å²) in [5.41, 5.74) is 1.34. The van der Waals surface area contributed by atoms with Gasteiger partial charge in [-0.2, -0.15) is 0 Å². The third kappa shape index (κ3) is 6.82. The number of benzene rings is 2. The van der Waals surface area contributed by atoms with Crippen molar-refractivity contribution in [1.82, 2.24) is 5.32 Å². The molecule has 1 unspecified atom stereocenters. The molecular weight excluding hydrogens is 392 g/mol. The van der Waals surface area contributed by atoms with Crippen molar-refractivity contribution in [2.45, 2.75) is 51.6 Å². The number of amides is 2. The van der Waals surface area contributed by atoms with E-state index in [2.05, 4.69) is 17.6 Å². The summed E-state index contributed by atoms with van der Waals surface area (Å²) in [5, 5.41) is 5.79. The lowest BCUT2D eigenvalue weighted by atomic mass is 10.1. The Morgan fingerprint density at radius 2 is 1.77 bits per heavy atom. The molecule has 2 aromatic carbocycles. The van der Waals surface area contributed by atoms with Gasteiger partial charge in [-0.3, -0.25) is 9.59 Å². The molecule has 1 saturated heterocycles. The van der Waals surface area contributed by atoms with E-state index in [4.69, 9.17) is 9.47 Å². The number of anilines is 1. The molecule has 31 heavy (non-hydrogen) atoms. The first-order chi connectivity index (χ1) is 15.2. The van der Waals surface area contributed by atoms with Gasteiger partial charge in [-0.05, 0) is 43.5 Å². The van der Waals surface area contributed by atoms with Crippen LogP contribution in [0.1, 0.15) is 66.2 Å². The lowest BCUT2D eigenvalue weighted by molar-refractivity contribution is 0.0858. The molecule has 0 saturated carbocycles. The second kappa shape index (κ2) is 12.1. The maximum absolute atomic E-state index is 13.0. The standard InChI is InChI=1S/C25H32N2O4/c1-2-3-4-9-16-31-23-15-8-6-13-21(23)25(29)27-22-14-7-5-12-20(22)24(28)26-18-19-11-10-17-30-19/h5-8,12-15,19H,2-4,9-11,16-18H2,1H3,(H,26,28)(H,27,29). The Kier molecular flexibility index (Phi) is 8.91. The largest absolute Gasteiger partial charge is 0.493 e. The van der Waals surface area contributed by atoms with Crippen LogP contribution in [0.2, 0.25) is 0 Å². The van der Waals surface area contributed by atoms with Crippen molar-refractivity contribution in [2.24, 2.45) is 0 Å². The van der Waals surface area contributed by atoms with Crippen LogP contribution in [0.5, 0.6) is 5.75 Å². The molecule has 1 heterocycles. The molecule has 2 amide bonds. The number of hydrogen-bond acceptors (Lipinski definition) is 4. The second-order valence-electron chi connectivity index (χ2n) is 7.75. The van der Waals surface area contributed by atoms with Crippen molar-refractivity contribution in [2.75, 3.05) is 25.1 Å². The summed E-state index contributed by atoms with van der Waals surface area (Å²) in [6.45, 7) is 3.96. The minimum Gasteiger partial charge on any atom is -0.493 e. The van der Waals surface area contributed by atoms with Crippen molar-refractivity contribution in [3.05, 3.63) is 59.7 Å². The van der Waals surface area contributed by atoms with E-state index in [9.17, 15) is 9.59 Å². The number of carbonyl (C=O) groups is 2. The molecule has 0 bridgehead atoms. The van der Waals surface area contributed by atoms with Crippen molar-refractivity contribution in [1.29, 1.82) is 0 Å². The topological polar surface area (TPSA) is 76.7 Å². The molecule has 2 N–H and O–H groups in total. The average Bonchev–Trinajstić information content (AvgIpc) is 3.32. The van der Waals surface area contributed by atoms with Crippen molar-refractivity contribution in [3.8, 4) is 5.75 Å². The predicted molar refractivity (Wildman–Crippen MR) is 122 cm³/mol. The van der Waals surface area contributed by atoms with Gasteiger partial charge in [0.15, 0.2) is 0 Å². The molecule has 3 rings (SSSR count). The molecule has 0 radical (unpaired) electrons. The first-order valence-electron chi connectivity index (χ1n) is 11.2. The van der Waals surface area contributed by atoms with Crippen molar-refractivity contribution in [3.63, 3.8) is 0 Å². The molecule has 166 valence electrons. The van der Waals surface area contributed by atoms with Crippen LogP contribution < -0.4 is 15.4 Å². The molecule has 1 aliphatic heterocycles. The first kappa shape index (κ1) is 22.8. The van der Waals surface area contributed by atoms with E-state index in [1.807, 2.05) is 6.07 Å². The van der Waals surface area contributed by atoms with Crippen LogP contribution in [-0.4, -0.2) is 37.7 Å². The highest BCUT2D eigenvalue weighted by molar-refractivity contribution is 6.10. The Bertz CT molecular complexity index is 862. The summed E-state index contributed by atoms with van der Waals surface area (Å²) in [5.74, 6) is 0.0206. The third-order valence-electron chi connectivity index (χ3n) is 5.32. The predicted octanol–water partition coefficient (Wildman–Crippen LogP) is 4.81. The van der Waals surface area contributed by atoms with Gasteiger partial charge in [0, 0.05) is 13.2 Å². The Hall–Kier alpha value is -2.86. The normalized spacial score (nSPS) is 15.5. The van der Waals surface area contributed by atoms with Crippen LogP contribution >= 0.6 is 0 Å². The molecule has 0 spiro atoms. The van der Waals surface area contributed by atoms with Crippen LogP contribution in [0.25, 0.3) is 0 Å². The van der Waals surface area contributed by atoms with Gasteiger partial charge in [-0.25, -0.2) is 0 Å². The summed E-state index contributed by atoms with van der Waals surface area (Å²) < 4.78 is 11.4. The number of para-hydroxylation sites is 2. The maximum atomic E-state index is 13.0. The Morgan fingerprint density at radius 3 is 2.55 bits per heavy atom. The van der Waals surface area contributed by atoms with E-state index in [0.717, 1.165) is 32.3 Å². The number of nitrogens with one attached hydrogen (secondary N) is 2. The molecule has 6 heteroatoms. The van der Waals surface area contributed by atoms with Crippen LogP contribution in [0, 0.1) is 0 Å². The lowest BCUT2D eigenvalue weighted by Crippen LogP contribution is -2.32. The smallest absolute Gasteiger partial charge is 0.259 e. The number of unbranched alkanes of at least 4 members (excludes halogenated alkanes) is 3. The summed E-state index contributed by atoms with van der Waals surface area (Å²) >= 11 is 0. The van der Waals surface area contributed by atoms with Crippen molar-refractivity contribution < 1.29 is 19.1 Å². The zero-order valence-corrected chi connectivity index (χ0v) is 18.2. The van der Waals surface area contributed by atoms with Gasteiger partial charge < -0.3 is 20.1 Å². The second-order valence-corrected chi connectivity index (χ2v) is 7.75.